The maximum atomic E-state index is 12.4. The van der Waals surface area contributed by atoms with E-state index in [1.54, 1.807) is 24.3 Å². The summed E-state index contributed by atoms with van der Waals surface area (Å²) in [6.45, 7) is 2.70. The summed E-state index contributed by atoms with van der Waals surface area (Å²) in [6.07, 6.45) is 1.79. The highest BCUT2D eigenvalue weighted by atomic mass is 16.5. The molecule has 0 radical (unpaired) electrons. The second kappa shape index (κ2) is 7.83. The number of nitrogens with one attached hydrogen (secondary N) is 2. The lowest BCUT2D eigenvalue weighted by Gasteiger charge is -2.15. The fourth-order valence-electron chi connectivity index (χ4n) is 3.02. The smallest absolute Gasteiger partial charge is 0.251 e. The Morgan fingerprint density at radius 1 is 1.16 bits per heavy atom. The van der Waals surface area contributed by atoms with Crippen molar-refractivity contribution in [2.45, 2.75) is 19.8 Å². The second-order valence-electron chi connectivity index (χ2n) is 6.29. The second-order valence-corrected chi connectivity index (χ2v) is 6.29. The predicted molar refractivity (Wildman–Crippen MR) is 96.8 cm³/mol. The van der Waals surface area contributed by atoms with Crippen LogP contribution in [0.4, 0.5) is 5.69 Å². The van der Waals surface area contributed by atoms with Gasteiger partial charge >= 0.3 is 0 Å². The van der Waals surface area contributed by atoms with E-state index in [1.165, 1.54) is 12.5 Å². The zero-order chi connectivity index (χ0) is 17.6. The molecule has 0 saturated heterocycles. The van der Waals surface area contributed by atoms with Gasteiger partial charge in [0.05, 0.1) is 6.61 Å². The number of hydrogen-bond donors (Lipinski definition) is 2. The molecule has 0 saturated carbocycles. The molecule has 2 aromatic rings. The maximum Gasteiger partial charge on any atom is 0.251 e. The Labute approximate surface area is 147 Å². The van der Waals surface area contributed by atoms with Crippen LogP contribution >= 0.6 is 0 Å². The largest absolute Gasteiger partial charge is 0.493 e. The van der Waals surface area contributed by atoms with E-state index >= 15 is 0 Å². The van der Waals surface area contributed by atoms with Gasteiger partial charge in [-0.1, -0.05) is 24.3 Å². The average Bonchev–Trinajstić information content (AvgIpc) is 2.81. The van der Waals surface area contributed by atoms with Crippen LogP contribution in [0.1, 0.15) is 29.3 Å². The van der Waals surface area contributed by atoms with Gasteiger partial charge in [0.1, 0.15) is 5.75 Å². The van der Waals surface area contributed by atoms with Crippen molar-refractivity contribution in [3.8, 4) is 5.75 Å². The highest BCUT2D eigenvalue weighted by Gasteiger charge is 2.18. The molecule has 130 valence electrons. The van der Waals surface area contributed by atoms with Crippen LogP contribution in [0.5, 0.6) is 5.75 Å². The van der Waals surface area contributed by atoms with Crippen molar-refractivity contribution in [2.75, 3.05) is 18.5 Å². The van der Waals surface area contributed by atoms with E-state index in [9.17, 15) is 9.59 Å². The number of carbonyl (C=O) groups is 2. The minimum Gasteiger partial charge on any atom is -0.493 e. The number of fused-ring (bicyclic) bond motifs is 1. The minimum atomic E-state index is -0.158. The summed E-state index contributed by atoms with van der Waals surface area (Å²) >= 11 is 0. The van der Waals surface area contributed by atoms with Crippen LogP contribution < -0.4 is 15.4 Å². The van der Waals surface area contributed by atoms with Gasteiger partial charge < -0.3 is 15.4 Å². The number of anilines is 1. The molecule has 0 unspecified atom stereocenters. The summed E-state index contributed by atoms with van der Waals surface area (Å²) in [5.41, 5.74) is 2.35. The third-order valence-electron chi connectivity index (χ3n) is 4.26. The number of para-hydroxylation sites is 1. The molecule has 0 fully saturated rings. The van der Waals surface area contributed by atoms with Gasteiger partial charge in [-0.05, 0) is 48.6 Å². The van der Waals surface area contributed by atoms with Crippen molar-refractivity contribution >= 4 is 17.5 Å². The number of hydrogen-bond acceptors (Lipinski definition) is 3. The van der Waals surface area contributed by atoms with Gasteiger partial charge in [-0.15, -0.1) is 0 Å². The molecule has 0 spiro atoms. The lowest BCUT2D eigenvalue weighted by molar-refractivity contribution is -0.114. The molecule has 1 aliphatic rings. The van der Waals surface area contributed by atoms with Crippen LogP contribution in [0.2, 0.25) is 0 Å². The number of amides is 2. The third kappa shape index (κ3) is 4.59. The molecule has 2 N–H and O–H groups in total. The van der Waals surface area contributed by atoms with E-state index in [-0.39, 0.29) is 11.8 Å². The summed E-state index contributed by atoms with van der Waals surface area (Å²) in [4.78, 5) is 23.5. The lowest BCUT2D eigenvalue weighted by Crippen LogP contribution is -2.30. The predicted octanol–water partition coefficient (Wildman–Crippen LogP) is 3.02. The molecule has 5 heteroatoms. The highest BCUT2D eigenvalue weighted by molar-refractivity contribution is 5.96. The van der Waals surface area contributed by atoms with E-state index < -0.39 is 0 Å². The summed E-state index contributed by atoms with van der Waals surface area (Å²) in [5.74, 6) is 0.991. The Balaban J connectivity index is 1.60. The van der Waals surface area contributed by atoms with Crippen molar-refractivity contribution < 1.29 is 14.3 Å². The molecule has 1 atom stereocenters. The number of benzene rings is 2. The van der Waals surface area contributed by atoms with Crippen molar-refractivity contribution in [1.82, 2.24) is 5.32 Å². The normalized spacial score (nSPS) is 16.1. The van der Waals surface area contributed by atoms with E-state index in [0.717, 1.165) is 18.6 Å². The molecule has 1 aliphatic heterocycles. The molecule has 2 aromatic carbocycles. The van der Waals surface area contributed by atoms with Crippen molar-refractivity contribution in [3.05, 3.63) is 59.7 Å². The number of rotatable bonds is 4. The first-order valence-electron chi connectivity index (χ1n) is 8.48. The molecule has 5 nitrogen and oxygen atoms in total. The lowest BCUT2D eigenvalue weighted by atomic mass is 9.97. The van der Waals surface area contributed by atoms with Crippen LogP contribution in [0.15, 0.2) is 48.5 Å². The fraction of sp³-hybridized carbons (Fsp3) is 0.300. The first-order chi connectivity index (χ1) is 12.1. The van der Waals surface area contributed by atoms with Crippen LogP contribution in [0.3, 0.4) is 0 Å². The van der Waals surface area contributed by atoms with Gasteiger partial charge in [-0.25, -0.2) is 0 Å². The molecule has 3 rings (SSSR count). The van der Waals surface area contributed by atoms with Gasteiger partial charge in [-0.3, -0.25) is 9.59 Å². The van der Waals surface area contributed by atoms with E-state index in [1.807, 2.05) is 18.2 Å². The molecular formula is C20H22N2O3. The Hall–Kier alpha value is -2.82. The van der Waals surface area contributed by atoms with E-state index in [2.05, 4.69) is 16.7 Å². The van der Waals surface area contributed by atoms with E-state index in [4.69, 9.17) is 4.74 Å². The summed E-state index contributed by atoms with van der Waals surface area (Å²) in [7, 11) is 0. The van der Waals surface area contributed by atoms with Gasteiger partial charge in [0.25, 0.3) is 5.91 Å². The number of carbonyl (C=O) groups excluding carboxylic acids is 2. The monoisotopic (exact) mass is 338 g/mol. The molecular weight excluding hydrogens is 316 g/mol. The van der Waals surface area contributed by atoms with Gasteiger partial charge in [0.2, 0.25) is 5.91 Å². The number of ether oxygens (including phenoxy) is 1. The summed E-state index contributed by atoms with van der Waals surface area (Å²) < 4.78 is 5.77. The fourth-order valence-corrected chi connectivity index (χ4v) is 3.02. The van der Waals surface area contributed by atoms with Crippen LogP contribution in [0, 0.1) is 5.92 Å². The standard InChI is InChI=1S/C20H22N2O3/c1-14(23)22-18-7-4-6-17(12-18)20(24)21-13-15-9-10-25-19-8-3-2-5-16(19)11-15/h2-8,12,15H,9-11,13H2,1H3,(H,21,24)(H,22,23)/t15-/m0/s1. The van der Waals surface area contributed by atoms with Crippen LogP contribution in [-0.2, 0) is 11.2 Å². The van der Waals surface area contributed by atoms with Crippen molar-refractivity contribution in [3.63, 3.8) is 0 Å². The van der Waals surface area contributed by atoms with Gasteiger partial charge in [0, 0.05) is 24.7 Å². The molecule has 1 heterocycles. The molecule has 0 aliphatic carbocycles. The Bertz CT molecular complexity index is 773. The molecule has 2 amide bonds. The van der Waals surface area contributed by atoms with E-state index in [0.29, 0.717) is 30.3 Å². The molecule has 0 bridgehead atoms. The molecule has 25 heavy (non-hydrogen) atoms. The Morgan fingerprint density at radius 2 is 2.00 bits per heavy atom. The Morgan fingerprint density at radius 3 is 2.84 bits per heavy atom. The quantitative estimate of drug-likeness (QED) is 0.900. The van der Waals surface area contributed by atoms with Crippen molar-refractivity contribution in [2.24, 2.45) is 5.92 Å². The Kier molecular flexibility index (Phi) is 5.33. The van der Waals surface area contributed by atoms with Crippen LogP contribution in [0.25, 0.3) is 0 Å². The summed E-state index contributed by atoms with van der Waals surface area (Å²) in [5, 5.41) is 5.69. The van der Waals surface area contributed by atoms with Gasteiger partial charge in [-0.2, -0.15) is 0 Å². The zero-order valence-electron chi connectivity index (χ0n) is 14.2. The molecule has 0 aromatic heterocycles. The SMILES string of the molecule is CC(=O)Nc1cccc(C(=O)NC[C@H]2CCOc3ccccc3C2)c1. The van der Waals surface area contributed by atoms with Crippen molar-refractivity contribution in [1.29, 1.82) is 0 Å². The summed E-state index contributed by atoms with van der Waals surface area (Å²) in [6, 6.07) is 15.0. The first-order valence-corrected chi connectivity index (χ1v) is 8.48. The minimum absolute atomic E-state index is 0.134. The van der Waals surface area contributed by atoms with Crippen LogP contribution in [-0.4, -0.2) is 25.0 Å². The highest BCUT2D eigenvalue weighted by Crippen LogP contribution is 2.26. The third-order valence-corrected chi connectivity index (χ3v) is 4.26. The first kappa shape index (κ1) is 17.0. The maximum absolute atomic E-state index is 12.4. The average molecular weight is 338 g/mol. The zero-order valence-corrected chi connectivity index (χ0v) is 14.2. The topological polar surface area (TPSA) is 67.4 Å². The van der Waals surface area contributed by atoms with Gasteiger partial charge in [0.15, 0.2) is 0 Å².